The SMILES string of the molecule is Cn1cc(S(C)(=O)=NS(=O)(=O)c2cccc(Cl)c2)cn1. The van der Waals surface area contributed by atoms with Gasteiger partial charge < -0.3 is 0 Å². The molecule has 1 aromatic carbocycles. The van der Waals surface area contributed by atoms with Crippen molar-refractivity contribution in [3.63, 3.8) is 0 Å². The lowest BCUT2D eigenvalue weighted by Gasteiger charge is -2.03. The highest BCUT2D eigenvalue weighted by Gasteiger charge is 2.18. The standard InChI is InChI=1S/C11H12ClN3O3S2/c1-15-8-11(7-13-15)19(2,16)14-20(17,18)10-5-3-4-9(12)6-10/h3-8H,1-2H3. The number of sulfonamides is 1. The van der Waals surface area contributed by atoms with E-state index in [0.29, 0.717) is 0 Å². The zero-order chi connectivity index (χ0) is 15.0. The fourth-order valence-corrected chi connectivity index (χ4v) is 5.05. The van der Waals surface area contributed by atoms with Crippen molar-refractivity contribution in [2.45, 2.75) is 9.79 Å². The molecule has 1 aromatic heterocycles. The Hall–Kier alpha value is -1.38. The molecule has 0 spiro atoms. The Bertz CT molecular complexity index is 865. The van der Waals surface area contributed by atoms with Crippen molar-refractivity contribution in [2.75, 3.05) is 6.26 Å². The van der Waals surface area contributed by atoms with E-state index in [2.05, 4.69) is 8.87 Å². The molecule has 6 nitrogen and oxygen atoms in total. The minimum Gasteiger partial charge on any atom is -0.275 e. The third-order valence-corrected chi connectivity index (χ3v) is 6.55. The minimum atomic E-state index is -4.05. The van der Waals surface area contributed by atoms with E-state index in [-0.39, 0.29) is 14.8 Å². The number of hydrogen-bond donors (Lipinski definition) is 0. The lowest BCUT2D eigenvalue weighted by Crippen LogP contribution is -2.04. The van der Waals surface area contributed by atoms with Crippen molar-refractivity contribution >= 4 is 31.4 Å². The molecule has 2 rings (SSSR count). The fraction of sp³-hybridized carbons (Fsp3) is 0.182. The Morgan fingerprint density at radius 2 is 1.95 bits per heavy atom. The zero-order valence-corrected chi connectivity index (χ0v) is 13.1. The van der Waals surface area contributed by atoms with E-state index in [1.54, 1.807) is 13.1 Å². The van der Waals surface area contributed by atoms with Crippen LogP contribution in [-0.2, 0) is 26.8 Å². The predicted molar refractivity (Wildman–Crippen MR) is 76.6 cm³/mol. The highest BCUT2D eigenvalue weighted by molar-refractivity contribution is 8.03. The smallest absolute Gasteiger partial charge is 0.275 e. The van der Waals surface area contributed by atoms with Crippen molar-refractivity contribution in [3.8, 4) is 0 Å². The molecular formula is C11H12ClN3O3S2. The van der Waals surface area contributed by atoms with E-state index >= 15 is 0 Å². The number of hydrogen-bond acceptors (Lipinski definition) is 4. The summed E-state index contributed by atoms with van der Waals surface area (Å²) in [5.74, 6) is 0. The molecule has 0 fully saturated rings. The van der Waals surface area contributed by atoms with Crippen LogP contribution in [0.3, 0.4) is 0 Å². The first-order valence-electron chi connectivity index (χ1n) is 5.43. The summed E-state index contributed by atoms with van der Waals surface area (Å²) in [7, 11) is -5.51. The normalized spacial score (nSPS) is 14.8. The van der Waals surface area contributed by atoms with Gasteiger partial charge in [-0.2, -0.15) is 13.5 Å². The minimum absolute atomic E-state index is 0.0940. The Labute approximate surface area is 122 Å². The van der Waals surface area contributed by atoms with Crippen LogP contribution in [-0.4, -0.2) is 28.7 Å². The summed E-state index contributed by atoms with van der Waals surface area (Å²) in [5, 5.41) is 4.13. The second-order valence-corrected chi connectivity index (χ2v) is 8.69. The van der Waals surface area contributed by atoms with Gasteiger partial charge in [-0.15, -0.1) is 3.77 Å². The third-order valence-electron chi connectivity index (χ3n) is 2.45. The van der Waals surface area contributed by atoms with Crippen LogP contribution in [0.1, 0.15) is 0 Å². The molecule has 20 heavy (non-hydrogen) atoms. The van der Waals surface area contributed by atoms with E-state index in [9.17, 15) is 12.6 Å². The molecule has 1 heterocycles. The van der Waals surface area contributed by atoms with E-state index in [1.165, 1.54) is 41.5 Å². The largest absolute Gasteiger partial charge is 0.290 e. The number of halogens is 1. The number of benzene rings is 1. The van der Waals surface area contributed by atoms with E-state index in [0.717, 1.165) is 0 Å². The molecule has 0 saturated heterocycles. The Kier molecular flexibility index (Phi) is 3.90. The first-order valence-corrected chi connectivity index (χ1v) is 9.17. The maximum Gasteiger partial charge on any atom is 0.290 e. The molecule has 108 valence electrons. The fourth-order valence-electron chi connectivity index (χ4n) is 1.50. The van der Waals surface area contributed by atoms with Gasteiger partial charge in [0.1, 0.15) is 0 Å². The molecule has 0 saturated carbocycles. The van der Waals surface area contributed by atoms with Crippen LogP contribution < -0.4 is 0 Å². The maximum atomic E-state index is 12.4. The number of rotatable bonds is 3. The molecule has 0 N–H and O–H groups in total. The van der Waals surface area contributed by atoms with Gasteiger partial charge in [0.2, 0.25) is 0 Å². The van der Waals surface area contributed by atoms with Crippen molar-refractivity contribution in [3.05, 3.63) is 41.7 Å². The summed E-state index contributed by atoms with van der Waals surface area (Å²) in [6.07, 6.45) is 4.06. The van der Waals surface area contributed by atoms with Gasteiger partial charge in [-0.05, 0) is 18.2 Å². The first-order chi connectivity index (χ1) is 9.21. The van der Waals surface area contributed by atoms with E-state index in [1.807, 2.05) is 0 Å². The van der Waals surface area contributed by atoms with Gasteiger partial charge in [0, 0.05) is 24.5 Å². The van der Waals surface area contributed by atoms with Crippen LogP contribution in [0.15, 0.2) is 50.2 Å². The molecule has 1 unspecified atom stereocenters. The molecule has 0 aliphatic rings. The van der Waals surface area contributed by atoms with Gasteiger partial charge in [0.15, 0.2) is 0 Å². The van der Waals surface area contributed by atoms with Gasteiger partial charge in [0.25, 0.3) is 10.0 Å². The second-order valence-electron chi connectivity index (χ2n) is 4.16. The Morgan fingerprint density at radius 1 is 1.25 bits per heavy atom. The Morgan fingerprint density at radius 3 is 2.50 bits per heavy atom. The molecule has 0 amide bonds. The molecule has 0 bridgehead atoms. The number of aryl methyl sites for hydroxylation is 1. The van der Waals surface area contributed by atoms with Crippen LogP contribution in [0.25, 0.3) is 0 Å². The molecule has 0 aliphatic heterocycles. The monoisotopic (exact) mass is 333 g/mol. The lowest BCUT2D eigenvalue weighted by atomic mass is 10.4. The topological polar surface area (TPSA) is 81.4 Å². The van der Waals surface area contributed by atoms with Crippen molar-refractivity contribution in [1.29, 1.82) is 0 Å². The molecule has 0 aliphatic carbocycles. The number of aromatic nitrogens is 2. The first kappa shape index (κ1) is 15.0. The number of nitrogens with zero attached hydrogens (tertiary/aromatic N) is 3. The summed E-state index contributed by atoms with van der Waals surface area (Å²) in [4.78, 5) is 0.161. The van der Waals surface area contributed by atoms with E-state index in [4.69, 9.17) is 11.6 Å². The molecular weight excluding hydrogens is 322 g/mol. The van der Waals surface area contributed by atoms with Crippen LogP contribution in [0, 0.1) is 0 Å². The van der Waals surface area contributed by atoms with Crippen molar-refractivity contribution < 1.29 is 12.6 Å². The molecule has 1 atom stereocenters. The van der Waals surface area contributed by atoms with Crippen LogP contribution in [0.4, 0.5) is 0 Å². The van der Waals surface area contributed by atoms with Crippen molar-refractivity contribution in [2.24, 2.45) is 10.8 Å². The predicted octanol–water partition coefficient (Wildman–Crippen LogP) is 1.92. The van der Waals surface area contributed by atoms with Gasteiger partial charge >= 0.3 is 0 Å². The van der Waals surface area contributed by atoms with Crippen molar-refractivity contribution in [1.82, 2.24) is 9.78 Å². The van der Waals surface area contributed by atoms with Crippen LogP contribution in [0.5, 0.6) is 0 Å². The molecule has 0 radical (unpaired) electrons. The van der Waals surface area contributed by atoms with E-state index < -0.39 is 19.8 Å². The summed E-state index contributed by atoms with van der Waals surface area (Å²) in [6.45, 7) is 0. The summed E-state index contributed by atoms with van der Waals surface area (Å²) in [6, 6.07) is 5.65. The Balaban J connectivity index is 2.56. The lowest BCUT2D eigenvalue weighted by molar-refractivity contribution is 0.598. The van der Waals surface area contributed by atoms with Gasteiger partial charge in [0.05, 0.1) is 25.7 Å². The average Bonchev–Trinajstić information content (AvgIpc) is 2.75. The second kappa shape index (κ2) is 5.19. The molecule has 9 heteroatoms. The van der Waals surface area contributed by atoms with Crippen LogP contribution >= 0.6 is 11.6 Å². The highest BCUT2D eigenvalue weighted by Crippen LogP contribution is 2.20. The molecule has 2 aromatic rings. The van der Waals surface area contributed by atoms with Gasteiger partial charge in [-0.3, -0.25) is 4.68 Å². The highest BCUT2D eigenvalue weighted by atomic mass is 35.5. The summed E-state index contributed by atoms with van der Waals surface area (Å²) >= 11 is 5.75. The quantitative estimate of drug-likeness (QED) is 0.859. The van der Waals surface area contributed by atoms with Gasteiger partial charge in [-0.25, -0.2) is 4.21 Å². The zero-order valence-electron chi connectivity index (χ0n) is 10.7. The third kappa shape index (κ3) is 3.20. The van der Waals surface area contributed by atoms with Crippen LogP contribution in [0.2, 0.25) is 5.02 Å². The summed E-state index contributed by atoms with van der Waals surface area (Å²) < 4.78 is 41.7. The summed E-state index contributed by atoms with van der Waals surface area (Å²) in [5.41, 5.74) is 0. The average molecular weight is 334 g/mol. The maximum absolute atomic E-state index is 12.4. The van der Waals surface area contributed by atoms with Gasteiger partial charge in [-0.1, -0.05) is 17.7 Å².